The minimum Gasteiger partial charge on any atom is -0.490 e. The number of benzene rings is 1. The average Bonchev–Trinajstić information content (AvgIpc) is 3.06. The predicted octanol–water partition coefficient (Wildman–Crippen LogP) is 5.47. The van der Waals surface area contributed by atoms with Gasteiger partial charge in [-0.1, -0.05) is 11.6 Å². The van der Waals surface area contributed by atoms with Gasteiger partial charge in [-0.15, -0.1) is 0 Å². The van der Waals surface area contributed by atoms with Crippen LogP contribution in [0, 0.1) is 26.6 Å². The Bertz CT molecular complexity index is 1300. The highest BCUT2D eigenvalue weighted by Gasteiger charge is 2.35. The molecule has 0 bridgehead atoms. The fraction of sp³-hybridized carbons (Fsp3) is 0.480. The van der Waals surface area contributed by atoms with Gasteiger partial charge in [0, 0.05) is 22.4 Å². The molecule has 0 fully saturated rings. The van der Waals surface area contributed by atoms with E-state index in [2.05, 4.69) is 10.1 Å². The Labute approximate surface area is 203 Å². The summed E-state index contributed by atoms with van der Waals surface area (Å²) in [5, 5.41) is 4.99. The van der Waals surface area contributed by atoms with E-state index in [1.54, 1.807) is 18.4 Å². The van der Waals surface area contributed by atoms with Crippen molar-refractivity contribution < 1.29 is 23.4 Å². The number of halogens is 2. The van der Waals surface area contributed by atoms with E-state index in [4.69, 9.17) is 25.8 Å². The Morgan fingerprint density at radius 1 is 1.26 bits per heavy atom. The topological polar surface area (TPSA) is 75.0 Å². The van der Waals surface area contributed by atoms with Crippen LogP contribution >= 0.6 is 11.6 Å². The summed E-state index contributed by atoms with van der Waals surface area (Å²) in [5.74, 6) is -0.777. The van der Waals surface area contributed by atoms with Gasteiger partial charge in [-0.2, -0.15) is 5.10 Å². The van der Waals surface area contributed by atoms with Crippen LogP contribution in [0.25, 0.3) is 16.9 Å². The lowest BCUT2D eigenvalue weighted by molar-refractivity contribution is -0.164. The molecular formula is C25H29ClFN3O4. The summed E-state index contributed by atoms with van der Waals surface area (Å²) in [5.41, 5.74) is 3.97. The molecule has 1 atom stereocenters. The third kappa shape index (κ3) is 4.14. The molecule has 0 saturated heterocycles. The Hall–Kier alpha value is -2.71. The van der Waals surface area contributed by atoms with E-state index in [9.17, 15) is 4.79 Å². The summed E-state index contributed by atoms with van der Waals surface area (Å²) in [7, 11) is 1.30. The number of hydrogen-bond donors (Lipinski definition) is 0. The Kier molecular flexibility index (Phi) is 6.33. The summed E-state index contributed by atoms with van der Waals surface area (Å²) >= 11 is 6.52. The summed E-state index contributed by atoms with van der Waals surface area (Å²) < 4.78 is 33.8. The number of aryl methyl sites for hydroxylation is 2. The predicted molar refractivity (Wildman–Crippen MR) is 127 cm³/mol. The molecule has 182 valence electrons. The van der Waals surface area contributed by atoms with E-state index in [0.717, 1.165) is 17.5 Å². The van der Waals surface area contributed by atoms with Crippen LogP contribution in [0.1, 0.15) is 61.4 Å². The second kappa shape index (κ2) is 8.82. The number of hydrogen-bond acceptors (Lipinski definition) is 6. The molecule has 1 aliphatic rings. The fourth-order valence-electron chi connectivity index (χ4n) is 4.42. The highest BCUT2D eigenvalue weighted by molar-refractivity contribution is 6.34. The van der Waals surface area contributed by atoms with Crippen LogP contribution in [-0.4, -0.2) is 39.9 Å². The zero-order valence-corrected chi connectivity index (χ0v) is 21.3. The first-order valence-electron chi connectivity index (χ1n) is 11.2. The molecule has 0 spiro atoms. The number of rotatable bonds is 4. The molecule has 7 nitrogen and oxygen atoms in total. The van der Waals surface area contributed by atoms with Crippen LogP contribution in [0.2, 0.25) is 5.02 Å². The van der Waals surface area contributed by atoms with Gasteiger partial charge in [0.2, 0.25) is 0 Å². The second-order valence-corrected chi connectivity index (χ2v) is 9.90. The van der Waals surface area contributed by atoms with E-state index < -0.39 is 23.5 Å². The van der Waals surface area contributed by atoms with Gasteiger partial charge >= 0.3 is 5.97 Å². The van der Waals surface area contributed by atoms with Crippen LogP contribution in [0.5, 0.6) is 5.75 Å². The van der Waals surface area contributed by atoms with E-state index in [0.29, 0.717) is 51.9 Å². The molecule has 0 saturated carbocycles. The molecule has 3 heterocycles. The van der Waals surface area contributed by atoms with Gasteiger partial charge in [0.15, 0.2) is 23.3 Å². The molecule has 34 heavy (non-hydrogen) atoms. The van der Waals surface area contributed by atoms with Crippen molar-refractivity contribution >= 4 is 23.2 Å². The van der Waals surface area contributed by atoms with E-state index >= 15 is 4.39 Å². The highest BCUT2D eigenvalue weighted by atomic mass is 35.5. The number of fused-ring (bicyclic) bond motifs is 2. The molecule has 1 aliphatic heterocycles. The van der Waals surface area contributed by atoms with Gasteiger partial charge in [-0.05, 0) is 66.0 Å². The van der Waals surface area contributed by atoms with Crippen molar-refractivity contribution in [1.29, 1.82) is 0 Å². The minimum atomic E-state index is -1.12. The Morgan fingerprint density at radius 3 is 2.62 bits per heavy atom. The quantitative estimate of drug-likeness (QED) is 0.452. The van der Waals surface area contributed by atoms with Crippen LogP contribution in [0.3, 0.4) is 0 Å². The number of nitrogens with zero attached hydrogens (tertiary/aromatic N) is 3. The third-order valence-electron chi connectivity index (χ3n) is 5.94. The van der Waals surface area contributed by atoms with Crippen molar-refractivity contribution in [3.05, 3.63) is 45.0 Å². The SMILES string of the molecule is COC(=O)C(OC(C)(C)C)c1c(C)nc2c(Cl)c(C)nn2c1-c1cc(F)c2c(c1C)CCCO2. The van der Waals surface area contributed by atoms with E-state index in [1.807, 2.05) is 27.7 Å². The first kappa shape index (κ1) is 24.4. The zero-order chi connectivity index (χ0) is 24.9. The lowest BCUT2D eigenvalue weighted by Gasteiger charge is -2.29. The van der Waals surface area contributed by atoms with Gasteiger partial charge < -0.3 is 14.2 Å². The maximum atomic E-state index is 15.3. The normalized spacial score (nSPS) is 14.6. The standard InChI is InChI=1S/C25H29ClFN3O4/c1-12-15-9-8-10-33-21(15)17(27)11-16(12)20-18(22(24(31)32-7)34-25(4,5)6)13(2)28-23-19(26)14(3)29-30(20)23/h11,22H,8-10H2,1-7H3. The molecule has 4 rings (SSSR count). The van der Waals surface area contributed by atoms with Gasteiger partial charge in [-0.25, -0.2) is 18.7 Å². The van der Waals surface area contributed by atoms with E-state index in [1.165, 1.54) is 13.2 Å². The van der Waals surface area contributed by atoms with Gasteiger partial charge in [-0.3, -0.25) is 0 Å². The van der Waals surface area contributed by atoms with Crippen molar-refractivity contribution in [2.24, 2.45) is 0 Å². The van der Waals surface area contributed by atoms with Crippen molar-refractivity contribution in [1.82, 2.24) is 14.6 Å². The van der Waals surface area contributed by atoms with Gasteiger partial charge in [0.1, 0.15) is 5.02 Å². The number of carbonyl (C=O) groups excluding carboxylic acids is 1. The smallest absolute Gasteiger partial charge is 0.339 e. The molecule has 3 aromatic rings. The number of aromatic nitrogens is 3. The number of methoxy groups -OCH3 is 1. The average molecular weight is 490 g/mol. The molecule has 0 radical (unpaired) electrons. The Balaban J connectivity index is 2.13. The fourth-order valence-corrected chi connectivity index (χ4v) is 4.58. The molecule has 0 aliphatic carbocycles. The molecule has 1 unspecified atom stereocenters. The largest absolute Gasteiger partial charge is 0.490 e. The Morgan fingerprint density at radius 2 is 1.97 bits per heavy atom. The third-order valence-corrected chi connectivity index (χ3v) is 6.38. The van der Waals surface area contributed by atoms with Crippen molar-refractivity contribution in [3.63, 3.8) is 0 Å². The monoisotopic (exact) mass is 489 g/mol. The van der Waals surface area contributed by atoms with Gasteiger partial charge in [0.25, 0.3) is 0 Å². The summed E-state index contributed by atoms with van der Waals surface area (Å²) in [6.45, 7) is 11.5. The van der Waals surface area contributed by atoms with Crippen molar-refractivity contribution in [2.45, 2.75) is 66.1 Å². The minimum absolute atomic E-state index is 0.279. The van der Waals surface area contributed by atoms with Gasteiger partial charge in [0.05, 0.1) is 30.7 Å². The second-order valence-electron chi connectivity index (χ2n) is 9.52. The molecular weight excluding hydrogens is 461 g/mol. The first-order chi connectivity index (χ1) is 15.9. The maximum absolute atomic E-state index is 15.3. The molecule has 9 heteroatoms. The zero-order valence-electron chi connectivity index (χ0n) is 20.5. The van der Waals surface area contributed by atoms with Crippen molar-refractivity contribution in [3.8, 4) is 17.0 Å². The number of carbonyl (C=O) groups is 1. The lowest BCUT2D eigenvalue weighted by Crippen LogP contribution is -2.30. The summed E-state index contributed by atoms with van der Waals surface area (Å²) in [6.07, 6.45) is 0.362. The number of esters is 1. The van der Waals surface area contributed by atoms with Crippen molar-refractivity contribution in [2.75, 3.05) is 13.7 Å². The molecule has 0 amide bonds. The first-order valence-corrected chi connectivity index (χ1v) is 11.6. The lowest BCUT2D eigenvalue weighted by atomic mass is 9.91. The molecule has 2 aromatic heterocycles. The maximum Gasteiger partial charge on any atom is 0.339 e. The number of ether oxygens (including phenoxy) is 3. The van der Waals surface area contributed by atoms with Crippen LogP contribution in [0.15, 0.2) is 6.07 Å². The van der Waals surface area contributed by atoms with E-state index in [-0.39, 0.29) is 5.75 Å². The highest BCUT2D eigenvalue weighted by Crippen LogP contribution is 2.42. The summed E-state index contributed by atoms with van der Waals surface area (Å²) in [6, 6.07) is 1.42. The van der Waals surface area contributed by atoms with Crippen LogP contribution in [-0.2, 0) is 20.7 Å². The van der Waals surface area contributed by atoms with Crippen LogP contribution < -0.4 is 4.74 Å². The summed E-state index contributed by atoms with van der Waals surface area (Å²) in [4.78, 5) is 17.6. The van der Waals surface area contributed by atoms with Crippen LogP contribution in [0.4, 0.5) is 4.39 Å². The molecule has 0 N–H and O–H groups in total. The molecule has 1 aromatic carbocycles.